The number of pyridine rings is 1. The van der Waals surface area contributed by atoms with Gasteiger partial charge in [-0.2, -0.15) is 4.39 Å². The van der Waals surface area contributed by atoms with E-state index < -0.39 is 35.6 Å². The quantitative estimate of drug-likeness (QED) is 0.331. The predicted octanol–water partition coefficient (Wildman–Crippen LogP) is 3.96. The summed E-state index contributed by atoms with van der Waals surface area (Å²) >= 11 is 0. The number of hydrogen-bond acceptors (Lipinski definition) is 6. The molecule has 1 aromatic carbocycles. The van der Waals surface area contributed by atoms with Gasteiger partial charge in [-0.25, -0.2) is 9.07 Å². The van der Waals surface area contributed by atoms with Gasteiger partial charge >= 0.3 is 6.36 Å². The van der Waals surface area contributed by atoms with Crippen LogP contribution in [0.5, 0.6) is 5.75 Å². The summed E-state index contributed by atoms with van der Waals surface area (Å²) in [6.45, 7) is -0.572. The van der Waals surface area contributed by atoms with Crippen molar-refractivity contribution >= 4 is 17.5 Å². The maximum absolute atomic E-state index is 14.6. The monoisotopic (exact) mass is 582 g/mol. The highest BCUT2D eigenvalue weighted by Crippen LogP contribution is 2.26. The Hall–Kier alpha value is -4.30. The Balaban J connectivity index is 1.25. The molecule has 0 aliphatic heterocycles. The van der Waals surface area contributed by atoms with Crippen LogP contribution in [-0.2, 0) is 24.4 Å². The normalized spacial score (nSPS) is 14.6. The fourth-order valence-electron chi connectivity index (χ4n) is 4.43. The third-order valence-corrected chi connectivity index (χ3v) is 6.51. The molecular weight excluding hydrogens is 555 g/mol. The van der Waals surface area contributed by atoms with Crippen molar-refractivity contribution in [2.24, 2.45) is 5.92 Å². The van der Waals surface area contributed by atoms with E-state index in [0.717, 1.165) is 47.1 Å². The Morgan fingerprint density at radius 3 is 2.66 bits per heavy atom. The summed E-state index contributed by atoms with van der Waals surface area (Å²) < 4.78 is 72.3. The second-order valence-corrected chi connectivity index (χ2v) is 9.60. The molecule has 220 valence electrons. The fourth-order valence-corrected chi connectivity index (χ4v) is 4.43. The number of halogens is 5. The van der Waals surface area contributed by atoms with Gasteiger partial charge in [0, 0.05) is 25.2 Å². The van der Waals surface area contributed by atoms with E-state index in [-0.39, 0.29) is 49.3 Å². The van der Waals surface area contributed by atoms with Crippen LogP contribution in [0.4, 0.5) is 27.6 Å². The SMILES string of the molecule is O=C(NCc1cccc(OC(F)(F)F)c1)c1cn(CC(F)CCn2ccc(NC(=O)C3CCCC3)c(F)c2=O)nn1. The van der Waals surface area contributed by atoms with Crippen molar-refractivity contribution in [2.75, 3.05) is 5.32 Å². The average Bonchev–Trinajstić information content (AvgIpc) is 3.62. The van der Waals surface area contributed by atoms with Crippen LogP contribution in [0, 0.1) is 11.7 Å². The van der Waals surface area contributed by atoms with Crippen molar-refractivity contribution in [3.8, 4) is 5.75 Å². The van der Waals surface area contributed by atoms with Gasteiger partial charge in [0.1, 0.15) is 11.9 Å². The highest BCUT2D eigenvalue weighted by molar-refractivity contribution is 5.92. The number of anilines is 1. The molecule has 1 fully saturated rings. The van der Waals surface area contributed by atoms with Crippen LogP contribution in [0.25, 0.3) is 0 Å². The van der Waals surface area contributed by atoms with E-state index >= 15 is 0 Å². The Morgan fingerprint density at radius 1 is 1.17 bits per heavy atom. The molecular formula is C26H27F5N6O4. The van der Waals surface area contributed by atoms with Gasteiger partial charge < -0.3 is 19.9 Å². The van der Waals surface area contributed by atoms with Crippen LogP contribution in [0.3, 0.4) is 0 Å². The zero-order valence-corrected chi connectivity index (χ0v) is 21.7. The number of carbonyl (C=O) groups is 2. The number of ether oxygens (including phenoxy) is 1. The Kier molecular flexibility index (Phi) is 9.35. The molecule has 2 heterocycles. The van der Waals surface area contributed by atoms with Gasteiger partial charge in [-0.15, -0.1) is 18.3 Å². The lowest BCUT2D eigenvalue weighted by atomic mass is 10.1. The van der Waals surface area contributed by atoms with Gasteiger partial charge in [0.25, 0.3) is 11.5 Å². The van der Waals surface area contributed by atoms with E-state index in [1.54, 1.807) is 0 Å². The second kappa shape index (κ2) is 12.9. The molecule has 15 heteroatoms. The van der Waals surface area contributed by atoms with Crippen LogP contribution < -0.4 is 20.9 Å². The van der Waals surface area contributed by atoms with Gasteiger partial charge in [-0.3, -0.25) is 14.4 Å². The van der Waals surface area contributed by atoms with Crippen molar-refractivity contribution in [1.29, 1.82) is 0 Å². The van der Waals surface area contributed by atoms with Gasteiger partial charge in [-0.05, 0) is 43.0 Å². The molecule has 2 aromatic heterocycles. The first-order valence-electron chi connectivity index (χ1n) is 12.9. The van der Waals surface area contributed by atoms with Gasteiger partial charge in [0.05, 0.1) is 18.4 Å². The molecule has 1 aliphatic rings. The van der Waals surface area contributed by atoms with Gasteiger partial charge in [0.15, 0.2) is 5.69 Å². The molecule has 0 saturated heterocycles. The lowest BCUT2D eigenvalue weighted by Crippen LogP contribution is -2.28. The molecule has 1 atom stereocenters. The van der Waals surface area contributed by atoms with Crippen molar-refractivity contribution in [1.82, 2.24) is 24.9 Å². The van der Waals surface area contributed by atoms with Gasteiger partial charge in [-0.1, -0.05) is 30.2 Å². The predicted molar refractivity (Wildman–Crippen MR) is 135 cm³/mol. The standard InChI is InChI=1S/C26H27F5N6O4/c27-18(8-10-36-11-9-20(22(28)25(36)40)33-23(38)17-5-1-2-6-17)14-37-15-21(34-35-37)24(39)32-13-16-4-3-7-19(12-16)41-26(29,30)31/h3-4,7,9,11-12,15,17-18H,1-2,5-6,8,10,13-14H2,(H,32,39)(H,33,38). The molecule has 2 N–H and O–H groups in total. The van der Waals surface area contributed by atoms with E-state index in [1.165, 1.54) is 30.6 Å². The summed E-state index contributed by atoms with van der Waals surface area (Å²) in [5, 5.41) is 12.3. The molecule has 4 rings (SSSR count). The Morgan fingerprint density at radius 2 is 1.93 bits per heavy atom. The van der Waals surface area contributed by atoms with Crippen molar-refractivity contribution in [3.05, 3.63) is 70.2 Å². The molecule has 0 radical (unpaired) electrons. The molecule has 0 spiro atoms. The summed E-state index contributed by atoms with van der Waals surface area (Å²) in [5.74, 6) is -2.77. The molecule has 2 amide bonds. The van der Waals surface area contributed by atoms with Crippen LogP contribution >= 0.6 is 0 Å². The Labute approximate surface area is 230 Å². The highest BCUT2D eigenvalue weighted by atomic mass is 19.4. The minimum Gasteiger partial charge on any atom is -0.406 e. The Bertz CT molecular complexity index is 1430. The largest absolute Gasteiger partial charge is 0.573 e. The highest BCUT2D eigenvalue weighted by Gasteiger charge is 2.31. The summed E-state index contributed by atoms with van der Waals surface area (Å²) in [7, 11) is 0. The van der Waals surface area contributed by atoms with Crippen molar-refractivity contribution in [2.45, 2.75) is 64.3 Å². The minimum absolute atomic E-state index is 0.124. The number of aromatic nitrogens is 4. The molecule has 3 aromatic rings. The first kappa shape index (κ1) is 29.7. The number of amides is 2. The maximum Gasteiger partial charge on any atom is 0.573 e. The minimum atomic E-state index is -4.85. The van der Waals surface area contributed by atoms with E-state index in [9.17, 15) is 36.3 Å². The summed E-state index contributed by atoms with van der Waals surface area (Å²) in [6.07, 6.45) is -0.776. The number of hydrogen-bond donors (Lipinski definition) is 2. The van der Waals surface area contributed by atoms with Crippen LogP contribution in [0.2, 0.25) is 0 Å². The van der Waals surface area contributed by atoms with Crippen LogP contribution in [-0.4, -0.2) is 43.9 Å². The zero-order valence-electron chi connectivity index (χ0n) is 21.7. The summed E-state index contributed by atoms with van der Waals surface area (Å²) in [5.41, 5.74) is -1.01. The third kappa shape index (κ3) is 8.35. The summed E-state index contributed by atoms with van der Waals surface area (Å²) in [6, 6.07) is 6.34. The number of nitrogens with one attached hydrogen (secondary N) is 2. The molecule has 41 heavy (non-hydrogen) atoms. The summed E-state index contributed by atoms with van der Waals surface area (Å²) in [4.78, 5) is 37.0. The van der Waals surface area contributed by atoms with E-state index in [2.05, 4.69) is 25.7 Å². The third-order valence-electron chi connectivity index (χ3n) is 6.51. The smallest absolute Gasteiger partial charge is 0.406 e. The van der Waals surface area contributed by atoms with Crippen LogP contribution in [0.1, 0.15) is 48.2 Å². The van der Waals surface area contributed by atoms with E-state index in [1.807, 2.05) is 0 Å². The van der Waals surface area contributed by atoms with Crippen molar-refractivity contribution in [3.63, 3.8) is 0 Å². The number of benzene rings is 1. The number of rotatable bonds is 11. The number of carbonyl (C=O) groups excluding carboxylic acids is 2. The maximum atomic E-state index is 14.6. The fraction of sp³-hybridized carbons (Fsp3) is 0.423. The average molecular weight is 583 g/mol. The topological polar surface area (TPSA) is 120 Å². The number of alkyl halides is 4. The number of nitrogens with zero attached hydrogens (tertiary/aromatic N) is 4. The number of aryl methyl sites for hydroxylation is 1. The molecule has 0 bridgehead atoms. The molecule has 1 unspecified atom stereocenters. The first-order valence-corrected chi connectivity index (χ1v) is 12.9. The van der Waals surface area contributed by atoms with Gasteiger partial charge in [0.2, 0.25) is 11.7 Å². The van der Waals surface area contributed by atoms with Crippen LogP contribution in [0.15, 0.2) is 47.5 Å². The van der Waals surface area contributed by atoms with E-state index in [0.29, 0.717) is 5.56 Å². The zero-order chi connectivity index (χ0) is 29.6. The first-order chi connectivity index (χ1) is 19.5. The van der Waals surface area contributed by atoms with Crippen molar-refractivity contribution < 1.29 is 36.3 Å². The molecule has 1 aliphatic carbocycles. The molecule has 1 saturated carbocycles. The lowest BCUT2D eigenvalue weighted by molar-refractivity contribution is -0.274. The second-order valence-electron chi connectivity index (χ2n) is 9.60. The van der Waals surface area contributed by atoms with E-state index in [4.69, 9.17) is 0 Å². The lowest BCUT2D eigenvalue weighted by Gasteiger charge is -2.13. The molecule has 10 nitrogen and oxygen atoms in total.